The Labute approximate surface area is 148 Å². The predicted octanol–water partition coefficient (Wildman–Crippen LogP) is 4.52. The van der Waals surface area contributed by atoms with Gasteiger partial charge >= 0.3 is 0 Å². The van der Waals surface area contributed by atoms with E-state index in [1.807, 2.05) is 56.3 Å². The molecule has 0 aliphatic carbocycles. The molecule has 0 bridgehead atoms. The number of carbonyl (C=O) groups is 1. The van der Waals surface area contributed by atoms with Gasteiger partial charge in [0.05, 0.1) is 5.92 Å². The van der Waals surface area contributed by atoms with Crippen LogP contribution in [0.4, 0.5) is 0 Å². The summed E-state index contributed by atoms with van der Waals surface area (Å²) in [5, 5.41) is 0. The number of hydrogen-bond acceptors (Lipinski definition) is 3. The largest absolute Gasteiger partial charge is 0.294 e. The second-order valence-corrected chi connectivity index (χ2v) is 6.84. The van der Waals surface area contributed by atoms with Crippen LogP contribution >= 0.6 is 15.9 Å². The first kappa shape index (κ1) is 18.0. The highest BCUT2D eigenvalue weighted by Crippen LogP contribution is 2.37. The van der Waals surface area contributed by atoms with Crippen LogP contribution in [0, 0.1) is 11.8 Å². The van der Waals surface area contributed by atoms with Gasteiger partial charge in [-0.05, 0) is 17.5 Å². The minimum atomic E-state index is -0.586. The van der Waals surface area contributed by atoms with Crippen molar-refractivity contribution in [2.24, 2.45) is 11.8 Å². The van der Waals surface area contributed by atoms with Crippen molar-refractivity contribution in [1.82, 2.24) is 0 Å². The highest BCUT2D eigenvalue weighted by molar-refractivity contribution is 9.10. The van der Waals surface area contributed by atoms with Crippen molar-refractivity contribution in [3.63, 3.8) is 0 Å². The van der Waals surface area contributed by atoms with Crippen LogP contribution in [0.15, 0.2) is 59.1 Å². The first-order chi connectivity index (χ1) is 11.1. The summed E-state index contributed by atoms with van der Waals surface area (Å²) in [5.74, 6) is -0.413. The highest BCUT2D eigenvalue weighted by Gasteiger charge is 2.34. The topological polar surface area (TPSA) is 43.4 Å². The number of Topliss-reactive ketones (excluding diaryl/α,β-unsaturated/α-hetero) is 1. The van der Waals surface area contributed by atoms with Crippen LogP contribution in [-0.2, 0) is 16.1 Å². The van der Waals surface area contributed by atoms with Gasteiger partial charge in [-0.1, -0.05) is 78.3 Å². The van der Waals surface area contributed by atoms with E-state index in [4.69, 9.17) is 4.18 Å². The zero-order valence-electron chi connectivity index (χ0n) is 13.0. The number of benzene rings is 2. The quantitative estimate of drug-likeness (QED) is 0.554. The predicted molar refractivity (Wildman–Crippen MR) is 96.6 cm³/mol. The van der Waals surface area contributed by atoms with Crippen LogP contribution in [-0.4, -0.2) is 9.99 Å². The lowest BCUT2D eigenvalue weighted by Crippen LogP contribution is -2.29. The molecule has 3 nitrogen and oxygen atoms in total. The van der Waals surface area contributed by atoms with E-state index in [2.05, 4.69) is 15.9 Å². The molecule has 0 saturated heterocycles. The van der Waals surface area contributed by atoms with Gasteiger partial charge < -0.3 is 0 Å². The molecule has 0 aliphatic heterocycles. The molecule has 0 aromatic heterocycles. The van der Waals surface area contributed by atoms with Gasteiger partial charge in [0.1, 0.15) is 18.1 Å². The average Bonchev–Trinajstić information content (AvgIpc) is 2.55. The smallest absolute Gasteiger partial charge is 0.169 e. The Kier molecular flexibility index (Phi) is 6.69. The maximum absolute atomic E-state index is 13.0. The third-order valence-electron chi connectivity index (χ3n) is 3.77. The van der Waals surface area contributed by atoms with E-state index in [9.17, 15) is 9.00 Å². The lowest BCUT2D eigenvalue weighted by atomic mass is 9.81. The van der Waals surface area contributed by atoms with Crippen LogP contribution in [0.3, 0.4) is 0 Å². The van der Waals surface area contributed by atoms with E-state index in [1.165, 1.54) is 0 Å². The summed E-state index contributed by atoms with van der Waals surface area (Å²) in [6.07, 6.45) is -0.586. The van der Waals surface area contributed by atoms with Crippen molar-refractivity contribution in [2.75, 3.05) is 0 Å². The molecular weight excluding hydrogens is 376 g/mol. The Morgan fingerprint density at radius 3 is 2.22 bits per heavy atom. The zero-order chi connectivity index (χ0) is 16.8. The van der Waals surface area contributed by atoms with E-state index >= 15 is 0 Å². The molecule has 2 aromatic carbocycles. The minimum Gasteiger partial charge on any atom is -0.294 e. The SMILES string of the molecule is CC(C)C(C(=O)c1ccccc1)C(O[SH]=O)c1ccccc1Br. The number of halogens is 1. The summed E-state index contributed by atoms with van der Waals surface area (Å²) in [7, 11) is 0. The second-order valence-electron chi connectivity index (χ2n) is 5.62. The molecular formula is C18H19BrO3S. The molecule has 2 rings (SSSR count). The van der Waals surface area contributed by atoms with E-state index in [0.717, 1.165) is 10.0 Å². The van der Waals surface area contributed by atoms with Gasteiger partial charge in [0.2, 0.25) is 0 Å². The highest BCUT2D eigenvalue weighted by atomic mass is 79.9. The van der Waals surface area contributed by atoms with Crippen molar-refractivity contribution < 1.29 is 13.2 Å². The maximum Gasteiger partial charge on any atom is 0.169 e. The van der Waals surface area contributed by atoms with Gasteiger partial charge in [-0.25, -0.2) is 4.21 Å². The van der Waals surface area contributed by atoms with Crippen LogP contribution in [0.2, 0.25) is 0 Å². The van der Waals surface area contributed by atoms with E-state index in [0.29, 0.717) is 5.56 Å². The van der Waals surface area contributed by atoms with Gasteiger partial charge in [-0.2, -0.15) is 0 Å². The van der Waals surface area contributed by atoms with Crippen molar-refractivity contribution >= 4 is 33.7 Å². The number of ketones is 1. The molecule has 23 heavy (non-hydrogen) atoms. The van der Waals surface area contributed by atoms with Gasteiger partial charge in [0.15, 0.2) is 5.78 Å². The monoisotopic (exact) mass is 394 g/mol. The third kappa shape index (κ3) is 4.37. The second kappa shape index (κ2) is 8.52. The van der Waals surface area contributed by atoms with Gasteiger partial charge in [0.25, 0.3) is 0 Å². The summed E-state index contributed by atoms with van der Waals surface area (Å²) < 4.78 is 17.4. The Morgan fingerprint density at radius 2 is 1.65 bits per heavy atom. The molecule has 2 unspecified atom stereocenters. The van der Waals surface area contributed by atoms with Crippen molar-refractivity contribution in [3.05, 3.63) is 70.2 Å². The van der Waals surface area contributed by atoms with E-state index < -0.39 is 24.0 Å². The molecule has 0 heterocycles. The average molecular weight is 395 g/mol. The van der Waals surface area contributed by atoms with Crippen molar-refractivity contribution in [3.8, 4) is 0 Å². The van der Waals surface area contributed by atoms with E-state index in [-0.39, 0.29) is 11.7 Å². The van der Waals surface area contributed by atoms with Crippen LogP contribution in [0.25, 0.3) is 0 Å². The summed E-state index contributed by atoms with van der Waals surface area (Å²) in [4.78, 5) is 13.0. The summed E-state index contributed by atoms with van der Waals surface area (Å²) >= 11 is 3.05. The van der Waals surface area contributed by atoms with Gasteiger partial charge in [-0.15, -0.1) is 0 Å². The van der Waals surface area contributed by atoms with Crippen LogP contribution in [0.1, 0.15) is 35.9 Å². The van der Waals surface area contributed by atoms with Crippen LogP contribution in [0.5, 0.6) is 0 Å². The molecule has 5 heteroatoms. The fourth-order valence-electron chi connectivity index (χ4n) is 2.65. The molecule has 0 spiro atoms. The Balaban J connectivity index is 2.46. The first-order valence-corrected chi connectivity index (χ1v) is 8.90. The van der Waals surface area contributed by atoms with E-state index in [1.54, 1.807) is 12.1 Å². The molecule has 0 saturated carbocycles. The summed E-state index contributed by atoms with van der Waals surface area (Å²) in [5.41, 5.74) is 1.45. The van der Waals surface area contributed by atoms with Gasteiger partial charge in [-0.3, -0.25) is 8.98 Å². The molecule has 0 fully saturated rings. The normalized spacial score (nSPS) is 13.7. The number of rotatable bonds is 7. The summed E-state index contributed by atoms with van der Waals surface area (Å²) in [6.45, 7) is 3.95. The van der Waals surface area contributed by atoms with Crippen LogP contribution < -0.4 is 0 Å². The molecule has 2 atom stereocenters. The van der Waals surface area contributed by atoms with Crippen molar-refractivity contribution in [2.45, 2.75) is 20.0 Å². The first-order valence-electron chi connectivity index (χ1n) is 7.38. The Morgan fingerprint density at radius 1 is 1.04 bits per heavy atom. The zero-order valence-corrected chi connectivity index (χ0v) is 15.5. The Hall–Kier alpha value is -1.30. The van der Waals surface area contributed by atoms with Crippen molar-refractivity contribution in [1.29, 1.82) is 0 Å². The molecule has 0 N–H and O–H groups in total. The molecule has 122 valence electrons. The lowest BCUT2D eigenvalue weighted by molar-refractivity contribution is 0.0688. The third-order valence-corrected chi connectivity index (χ3v) is 4.81. The summed E-state index contributed by atoms with van der Waals surface area (Å²) in [6, 6.07) is 16.7. The standard InChI is InChI=1S/C18H19BrO3S/c1-12(2)16(17(20)13-8-4-3-5-9-13)18(22-23-21)14-10-6-7-11-15(14)19/h3-12,16,18,23H,1-2H3. The fourth-order valence-corrected chi connectivity index (χ4v) is 3.50. The Bertz CT molecular complexity index is 673. The molecule has 2 aromatic rings. The molecule has 0 amide bonds. The molecule has 0 radical (unpaired) electrons. The molecule has 0 aliphatic rings. The lowest BCUT2D eigenvalue weighted by Gasteiger charge is -2.28. The number of thiol groups is 1. The fraction of sp³-hybridized carbons (Fsp3) is 0.278. The van der Waals surface area contributed by atoms with Gasteiger partial charge in [0, 0.05) is 10.0 Å². The number of hydrogen-bond donors (Lipinski definition) is 1. The minimum absolute atomic E-state index is 0.00926. The maximum atomic E-state index is 13.0. The number of carbonyl (C=O) groups excluding carboxylic acids is 1.